The summed E-state index contributed by atoms with van der Waals surface area (Å²) in [4.78, 5) is 23.9. The van der Waals surface area contributed by atoms with Gasteiger partial charge in [0.1, 0.15) is 11.3 Å². The lowest BCUT2D eigenvalue weighted by Gasteiger charge is -2.20. The zero-order valence-electron chi connectivity index (χ0n) is 12.3. The monoisotopic (exact) mass is 267 g/mol. The van der Waals surface area contributed by atoms with Crippen molar-refractivity contribution < 1.29 is 19.1 Å². The first-order chi connectivity index (χ1) is 8.67. The standard InChI is InChI=1S/C14H21NO4/c1-9(2)10-7-8-15(11(10)12(16)18-6)13(17)19-14(3,4)5/h7-9H,1-6H3. The first kappa shape index (κ1) is 15.3. The Kier molecular flexibility index (Phi) is 4.39. The molecule has 0 saturated carbocycles. The summed E-state index contributed by atoms with van der Waals surface area (Å²) in [5.74, 6) is -0.433. The third-order valence-corrected chi connectivity index (χ3v) is 2.51. The Bertz CT molecular complexity index is 480. The Labute approximate surface area is 113 Å². The Morgan fingerprint density at radius 2 is 1.84 bits per heavy atom. The average Bonchev–Trinajstić information content (AvgIpc) is 2.70. The Hall–Kier alpha value is -1.78. The molecule has 0 atom stereocenters. The SMILES string of the molecule is COC(=O)c1c(C(C)C)ccn1C(=O)OC(C)(C)C. The summed E-state index contributed by atoms with van der Waals surface area (Å²) in [6.45, 7) is 9.21. The molecule has 0 aromatic carbocycles. The Balaban J connectivity index is 3.21. The predicted octanol–water partition coefficient (Wildman–Crippen LogP) is 3.18. The number of nitrogens with zero attached hydrogens (tertiary/aromatic N) is 1. The number of rotatable bonds is 2. The van der Waals surface area contributed by atoms with Crippen LogP contribution < -0.4 is 0 Å². The van der Waals surface area contributed by atoms with Crippen LogP contribution in [-0.2, 0) is 9.47 Å². The lowest BCUT2D eigenvalue weighted by molar-refractivity contribution is 0.0482. The van der Waals surface area contributed by atoms with Gasteiger partial charge in [0, 0.05) is 6.20 Å². The van der Waals surface area contributed by atoms with Crippen molar-refractivity contribution in [2.24, 2.45) is 0 Å². The molecule has 106 valence electrons. The second-order valence-corrected chi connectivity index (χ2v) is 5.62. The summed E-state index contributed by atoms with van der Waals surface area (Å²) < 4.78 is 11.2. The molecule has 0 aliphatic carbocycles. The zero-order valence-corrected chi connectivity index (χ0v) is 12.3. The predicted molar refractivity (Wildman–Crippen MR) is 71.5 cm³/mol. The van der Waals surface area contributed by atoms with Crippen LogP contribution in [-0.4, -0.2) is 29.3 Å². The van der Waals surface area contributed by atoms with E-state index in [1.54, 1.807) is 26.8 Å². The third-order valence-electron chi connectivity index (χ3n) is 2.51. The third kappa shape index (κ3) is 3.59. The molecular formula is C14H21NO4. The minimum Gasteiger partial charge on any atom is -0.464 e. The number of esters is 1. The quantitative estimate of drug-likeness (QED) is 0.772. The van der Waals surface area contributed by atoms with Crippen LogP contribution in [0.2, 0.25) is 0 Å². The summed E-state index contributed by atoms with van der Waals surface area (Å²) in [7, 11) is 1.29. The van der Waals surface area contributed by atoms with Gasteiger partial charge in [0.25, 0.3) is 0 Å². The van der Waals surface area contributed by atoms with E-state index in [4.69, 9.17) is 9.47 Å². The second-order valence-electron chi connectivity index (χ2n) is 5.62. The minimum atomic E-state index is -0.618. The maximum Gasteiger partial charge on any atom is 0.419 e. The summed E-state index contributed by atoms with van der Waals surface area (Å²) in [5, 5.41) is 0. The van der Waals surface area contributed by atoms with Crippen molar-refractivity contribution in [2.45, 2.75) is 46.1 Å². The van der Waals surface area contributed by atoms with Crippen molar-refractivity contribution in [3.8, 4) is 0 Å². The van der Waals surface area contributed by atoms with Crippen molar-refractivity contribution in [1.29, 1.82) is 0 Å². The first-order valence-corrected chi connectivity index (χ1v) is 6.20. The van der Waals surface area contributed by atoms with Crippen LogP contribution in [0.3, 0.4) is 0 Å². The summed E-state index contributed by atoms with van der Waals surface area (Å²) in [5.41, 5.74) is 0.372. The highest BCUT2D eigenvalue weighted by atomic mass is 16.6. The van der Waals surface area contributed by atoms with Gasteiger partial charge in [-0.2, -0.15) is 0 Å². The van der Waals surface area contributed by atoms with Crippen LogP contribution in [0.25, 0.3) is 0 Å². The maximum atomic E-state index is 12.1. The van der Waals surface area contributed by atoms with Gasteiger partial charge in [-0.05, 0) is 38.3 Å². The molecule has 0 aliphatic heterocycles. The van der Waals surface area contributed by atoms with E-state index >= 15 is 0 Å². The molecule has 0 fully saturated rings. The van der Waals surface area contributed by atoms with E-state index in [1.807, 2.05) is 13.8 Å². The molecule has 0 N–H and O–H groups in total. The number of hydrogen-bond acceptors (Lipinski definition) is 4. The Morgan fingerprint density at radius 3 is 2.26 bits per heavy atom. The van der Waals surface area contributed by atoms with Gasteiger partial charge < -0.3 is 9.47 Å². The van der Waals surface area contributed by atoms with Gasteiger partial charge in [0.15, 0.2) is 0 Å². The number of ether oxygens (including phenoxy) is 2. The van der Waals surface area contributed by atoms with E-state index in [9.17, 15) is 9.59 Å². The number of carbonyl (C=O) groups is 2. The van der Waals surface area contributed by atoms with E-state index < -0.39 is 17.7 Å². The molecule has 1 aromatic heterocycles. The van der Waals surface area contributed by atoms with Crippen molar-refractivity contribution in [3.63, 3.8) is 0 Å². The van der Waals surface area contributed by atoms with Crippen molar-refractivity contribution in [3.05, 3.63) is 23.5 Å². The highest BCUT2D eigenvalue weighted by Crippen LogP contribution is 2.22. The molecule has 1 rings (SSSR count). The number of aromatic nitrogens is 1. The summed E-state index contributed by atoms with van der Waals surface area (Å²) in [6, 6.07) is 1.74. The summed E-state index contributed by atoms with van der Waals surface area (Å²) >= 11 is 0. The molecule has 0 bridgehead atoms. The number of methoxy groups -OCH3 is 1. The molecule has 19 heavy (non-hydrogen) atoms. The molecule has 1 aromatic rings. The van der Waals surface area contributed by atoms with Crippen molar-refractivity contribution >= 4 is 12.1 Å². The largest absolute Gasteiger partial charge is 0.464 e. The van der Waals surface area contributed by atoms with Gasteiger partial charge in [0.2, 0.25) is 0 Å². The van der Waals surface area contributed by atoms with Gasteiger partial charge in [-0.15, -0.1) is 0 Å². The van der Waals surface area contributed by atoms with E-state index in [-0.39, 0.29) is 11.6 Å². The number of carbonyl (C=O) groups excluding carboxylic acids is 2. The fourth-order valence-electron chi connectivity index (χ4n) is 1.69. The maximum absolute atomic E-state index is 12.1. The molecule has 0 amide bonds. The molecule has 5 nitrogen and oxygen atoms in total. The van der Waals surface area contributed by atoms with E-state index in [0.29, 0.717) is 0 Å². The molecule has 0 aliphatic rings. The lowest BCUT2D eigenvalue weighted by Crippen LogP contribution is -2.29. The molecule has 0 radical (unpaired) electrons. The minimum absolute atomic E-state index is 0.109. The topological polar surface area (TPSA) is 57.5 Å². The van der Waals surface area contributed by atoms with E-state index in [2.05, 4.69) is 0 Å². The summed E-state index contributed by atoms with van der Waals surface area (Å²) in [6.07, 6.45) is 0.954. The first-order valence-electron chi connectivity index (χ1n) is 6.20. The van der Waals surface area contributed by atoms with Crippen molar-refractivity contribution in [1.82, 2.24) is 4.57 Å². The smallest absolute Gasteiger partial charge is 0.419 e. The Morgan fingerprint density at radius 1 is 1.26 bits per heavy atom. The van der Waals surface area contributed by atoms with Gasteiger partial charge in [-0.25, -0.2) is 14.2 Å². The normalized spacial score (nSPS) is 11.5. The molecule has 0 saturated heterocycles. The van der Waals surface area contributed by atoms with Crippen LogP contribution in [0.5, 0.6) is 0 Å². The molecule has 5 heteroatoms. The van der Waals surface area contributed by atoms with Crippen LogP contribution in [0.4, 0.5) is 4.79 Å². The van der Waals surface area contributed by atoms with Gasteiger partial charge in [-0.1, -0.05) is 13.8 Å². The van der Waals surface area contributed by atoms with Crippen LogP contribution >= 0.6 is 0 Å². The molecule has 0 spiro atoms. The fourth-order valence-corrected chi connectivity index (χ4v) is 1.69. The van der Waals surface area contributed by atoms with Crippen LogP contribution in [0, 0.1) is 0 Å². The van der Waals surface area contributed by atoms with Gasteiger partial charge in [0.05, 0.1) is 7.11 Å². The zero-order chi connectivity index (χ0) is 14.8. The van der Waals surface area contributed by atoms with Crippen molar-refractivity contribution in [2.75, 3.05) is 7.11 Å². The lowest BCUT2D eigenvalue weighted by atomic mass is 10.0. The highest BCUT2D eigenvalue weighted by molar-refractivity contribution is 5.93. The van der Waals surface area contributed by atoms with Crippen LogP contribution in [0.1, 0.15) is 56.6 Å². The molecule has 0 unspecified atom stereocenters. The van der Waals surface area contributed by atoms with E-state index in [0.717, 1.165) is 5.56 Å². The van der Waals surface area contributed by atoms with Gasteiger partial charge >= 0.3 is 12.1 Å². The second kappa shape index (κ2) is 5.47. The van der Waals surface area contributed by atoms with Gasteiger partial charge in [-0.3, -0.25) is 0 Å². The fraction of sp³-hybridized carbons (Fsp3) is 0.571. The average molecular weight is 267 g/mol. The highest BCUT2D eigenvalue weighted by Gasteiger charge is 2.26. The molecule has 1 heterocycles. The number of hydrogen-bond donors (Lipinski definition) is 0. The van der Waals surface area contributed by atoms with E-state index in [1.165, 1.54) is 17.9 Å². The molecular weight excluding hydrogens is 246 g/mol. The van der Waals surface area contributed by atoms with Crippen LogP contribution in [0.15, 0.2) is 12.3 Å².